The molecule has 8 heteroatoms. The van der Waals surface area contributed by atoms with Gasteiger partial charge in [0.15, 0.2) is 0 Å². The highest BCUT2D eigenvalue weighted by atomic mass is 16.5. The molecule has 0 aromatic heterocycles. The first kappa shape index (κ1) is 31.7. The van der Waals surface area contributed by atoms with Crippen molar-refractivity contribution in [3.8, 4) is 0 Å². The zero-order valence-electron chi connectivity index (χ0n) is 26.1. The highest BCUT2D eigenvalue weighted by Gasteiger charge is 2.79. The fourth-order valence-corrected chi connectivity index (χ4v) is 7.88. The third-order valence-electron chi connectivity index (χ3n) is 9.96. The van der Waals surface area contributed by atoms with Crippen molar-refractivity contribution in [1.82, 2.24) is 9.80 Å². The molecule has 1 spiro atoms. The van der Waals surface area contributed by atoms with Crippen molar-refractivity contribution < 1.29 is 24.2 Å². The average molecular weight is 600 g/mol. The van der Waals surface area contributed by atoms with Crippen LogP contribution in [-0.2, 0) is 25.7 Å². The summed E-state index contributed by atoms with van der Waals surface area (Å²) in [5, 5.41) is 10.6. The Morgan fingerprint density at radius 3 is 2.23 bits per heavy atom. The summed E-state index contributed by atoms with van der Waals surface area (Å²) in [4.78, 5) is 49.2. The smallest absolute Gasteiger partial charge is 0.249 e. The van der Waals surface area contributed by atoms with E-state index in [2.05, 4.69) is 13.2 Å². The van der Waals surface area contributed by atoms with Crippen LogP contribution in [0.15, 0.2) is 86.0 Å². The molecule has 6 atom stereocenters. The number of nitrogens with zero attached hydrogens (tertiary/aromatic N) is 3. The van der Waals surface area contributed by atoms with Crippen LogP contribution in [0, 0.1) is 17.8 Å². The van der Waals surface area contributed by atoms with E-state index in [0.29, 0.717) is 31.5 Å². The Kier molecular flexibility index (Phi) is 9.14. The van der Waals surface area contributed by atoms with Crippen LogP contribution in [0.4, 0.5) is 5.69 Å². The molecule has 0 saturated carbocycles. The standard InChI is InChI=1S/C36H45N3O5/c1-6-21-37(23-26-15-11-9-12-16-26)34(43)31-36-20-19-35(8-3,44-36)29(30(36)33(42)39(31)28(24-40)25(4)5)32(41)38(22-7-2)27-17-13-10-14-18-27/h6-7,9-18,25,28-31,40H,1-2,8,19-24H2,3-5H3/t28-,29-,30-,31?,35+,36?/m0/s1. The molecule has 5 rings (SSSR count). The van der Waals surface area contributed by atoms with Gasteiger partial charge in [-0.05, 0) is 42.9 Å². The van der Waals surface area contributed by atoms with Gasteiger partial charge in [0, 0.05) is 25.3 Å². The quantitative estimate of drug-likeness (QED) is 0.340. The summed E-state index contributed by atoms with van der Waals surface area (Å²) in [5.41, 5.74) is -0.413. The van der Waals surface area contributed by atoms with Crippen LogP contribution in [0.5, 0.6) is 0 Å². The summed E-state index contributed by atoms with van der Waals surface area (Å²) in [6, 6.07) is 17.5. The summed E-state index contributed by atoms with van der Waals surface area (Å²) in [5.74, 6) is -2.54. The van der Waals surface area contributed by atoms with Gasteiger partial charge in [0.05, 0.1) is 30.1 Å². The number of ether oxygens (including phenoxy) is 1. The SMILES string of the molecule is C=CCN(Cc1ccccc1)C(=O)C1N([C@@H](CO)C(C)C)C(=O)[C@@H]2[C@@H](C(=O)N(CC=C)c3ccccc3)[C@@]3(CC)CCC12O3. The fraction of sp³-hybridized carbons (Fsp3) is 0.472. The van der Waals surface area contributed by atoms with Crippen LogP contribution in [0.1, 0.15) is 45.6 Å². The van der Waals surface area contributed by atoms with Gasteiger partial charge in [0.2, 0.25) is 17.7 Å². The molecule has 3 aliphatic rings. The second-order valence-corrected chi connectivity index (χ2v) is 12.6. The maximum Gasteiger partial charge on any atom is 0.249 e. The number of anilines is 1. The van der Waals surface area contributed by atoms with E-state index in [4.69, 9.17) is 4.74 Å². The first-order valence-corrected chi connectivity index (χ1v) is 15.7. The molecule has 2 bridgehead atoms. The maximum atomic E-state index is 14.8. The molecular formula is C36H45N3O5. The van der Waals surface area contributed by atoms with Crippen molar-refractivity contribution in [3.05, 3.63) is 91.5 Å². The predicted molar refractivity (Wildman–Crippen MR) is 170 cm³/mol. The van der Waals surface area contributed by atoms with E-state index in [1.807, 2.05) is 81.4 Å². The second kappa shape index (κ2) is 12.7. The number of aliphatic hydroxyl groups is 1. The third kappa shape index (κ3) is 5.08. The van der Waals surface area contributed by atoms with Gasteiger partial charge in [-0.15, -0.1) is 13.2 Å². The molecule has 0 aliphatic carbocycles. The molecule has 3 saturated heterocycles. The highest BCUT2D eigenvalue weighted by Crippen LogP contribution is 2.65. The number of hydrogen-bond donors (Lipinski definition) is 1. The molecule has 2 aromatic rings. The van der Waals surface area contributed by atoms with E-state index < -0.39 is 35.1 Å². The Hall–Kier alpha value is -3.75. The Balaban J connectivity index is 1.63. The highest BCUT2D eigenvalue weighted by molar-refractivity contribution is 6.03. The first-order valence-electron chi connectivity index (χ1n) is 15.7. The minimum Gasteiger partial charge on any atom is -0.394 e. The molecule has 2 aromatic carbocycles. The predicted octanol–water partition coefficient (Wildman–Crippen LogP) is 4.59. The van der Waals surface area contributed by atoms with Gasteiger partial charge in [-0.2, -0.15) is 0 Å². The van der Waals surface area contributed by atoms with E-state index in [0.717, 1.165) is 5.56 Å². The Labute approximate surface area is 261 Å². The van der Waals surface area contributed by atoms with Crippen molar-refractivity contribution in [1.29, 1.82) is 0 Å². The molecule has 0 radical (unpaired) electrons. The monoisotopic (exact) mass is 599 g/mol. The first-order chi connectivity index (χ1) is 21.2. The number of likely N-dealkylation sites (tertiary alicyclic amines) is 1. The molecule has 3 heterocycles. The van der Waals surface area contributed by atoms with E-state index in [-0.39, 0.29) is 43.3 Å². The molecule has 1 N–H and O–H groups in total. The summed E-state index contributed by atoms with van der Waals surface area (Å²) in [7, 11) is 0. The average Bonchev–Trinajstić information content (AvgIpc) is 3.64. The number of fused-ring (bicyclic) bond motifs is 1. The molecule has 3 amide bonds. The van der Waals surface area contributed by atoms with E-state index in [1.54, 1.807) is 26.9 Å². The summed E-state index contributed by atoms with van der Waals surface area (Å²) in [6.07, 6.45) is 4.93. The number of para-hydroxylation sites is 1. The third-order valence-corrected chi connectivity index (χ3v) is 9.96. The summed E-state index contributed by atoms with van der Waals surface area (Å²) in [6.45, 7) is 14.2. The number of rotatable bonds is 13. The zero-order valence-corrected chi connectivity index (χ0v) is 26.1. The van der Waals surface area contributed by atoms with E-state index in [9.17, 15) is 19.5 Å². The van der Waals surface area contributed by atoms with Crippen molar-refractivity contribution >= 4 is 23.4 Å². The molecule has 3 fully saturated rings. The van der Waals surface area contributed by atoms with Crippen molar-refractivity contribution in [2.45, 2.75) is 69.9 Å². The van der Waals surface area contributed by atoms with Crippen molar-refractivity contribution in [2.24, 2.45) is 17.8 Å². The lowest BCUT2D eigenvalue weighted by molar-refractivity contribution is -0.157. The number of aliphatic hydroxyl groups excluding tert-OH is 1. The number of hydrogen-bond acceptors (Lipinski definition) is 5. The van der Waals surface area contributed by atoms with Gasteiger partial charge in [0.1, 0.15) is 11.6 Å². The van der Waals surface area contributed by atoms with Gasteiger partial charge in [-0.1, -0.05) is 81.5 Å². The summed E-state index contributed by atoms with van der Waals surface area (Å²) >= 11 is 0. The van der Waals surface area contributed by atoms with E-state index >= 15 is 0 Å². The van der Waals surface area contributed by atoms with Gasteiger partial charge >= 0.3 is 0 Å². The van der Waals surface area contributed by atoms with Gasteiger partial charge in [-0.25, -0.2) is 0 Å². The van der Waals surface area contributed by atoms with Crippen LogP contribution >= 0.6 is 0 Å². The molecule has 2 unspecified atom stereocenters. The van der Waals surface area contributed by atoms with E-state index in [1.165, 1.54) is 0 Å². The number of carbonyl (C=O) groups excluding carboxylic acids is 3. The van der Waals surface area contributed by atoms with Crippen LogP contribution in [-0.4, -0.2) is 75.6 Å². The Bertz CT molecular complexity index is 1380. The lowest BCUT2D eigenvalue weighted by atomic mass is 9.64. The normalized spacial score (nSPS) is 27.7. The minimum atomic E-state index is -1.19. The minimum absolute atomic E-state index is 0.135. The van der Waals surface area contributed by atoms with Gasteiger partial charge in [-0.3, -0.25) is 14.4 Å². The van der Waals surface area contributed by atoms with Crippen LogP contribution < -0.4 is 4.90 Å². The number of carbonyl (C=O) groups is 3. The fourth-order valence-electron chi connectivity index (χ4n) is 7.88. The molecule has 234 valence electrons. The Morgan fingerprint density at radius 2 is 1.66 bits per heavy atom. The van der Waals surface area contributed by atoms with Crippen LogP contribution in [0.25, 0.3) is 0 Å². The lowest BCUT2D eigenvalue weighted by Crippen LogP contribution is -2.59. The van der Waals surface area contributed by atoms with Crippen molar-refractivity contribution in [2.75, 3.05) is 24.6 Å². The molecule has 44 heavy (non-hydrogen) atoms. The molecular weight excluding hydrogens is 554 g/mol. The van der Waals surface area contributed by atoms with Crippen LogP contribution in [0.3, 0.4) is 0 Å². The summed E-state index contributed by atoms with van der Waals surface area (Å²) < 4.78 is 7.02. The maximum absolute atomic E-state index is 14.8. The zero-order chi connectivity index (χ0) is 31.6. The molecule has 8 nitrogen and oxygen atoms in total. The van der Waals surface area contributed by atoms with Crippen LogP contribution in [0.2, 0.25) is 0 Å². The number of amides is 3. The van der Waals surface area contributed by atoms with Gasteiger partial charge < -0.3 is 24.5 Å². The number of benzene rings is 2. The largest absolute Gasteiger partial charge is 0.394 e. The second-order valence-electron chi connectivity index (χ2n) is 12.6. The van der Waals surface area contributed by atoms with Crippen molar-refractivity contribution in [3.63, 3.8) is 0 Å². The molecule has 3 aliphatic heterocycles. The Morgan fingerprint density at radius 1 is 1.02 bits per heavy atom. The van der Waals surface area contributed by atoms with Gasteiger partial charge in [0.25, 0.3) is 0 Å². The topological polar surface area (TPSA) is 90.4 Å². The lowest BCUT2D eigenvalue weighted by Gasteiger charge is -2.40.